The van der Waals surface area contributed by atoms with Crippen molar-refractivity contribution in [3.05, 3.63) is 29.8 Å². The van der Waals surface area contributed by atoms with Crippen LogP contribution in [-0.2, 0) is 14.3 Å². The van der Waals surface area contributed by atoms with Crippen LogP contribution in [0, 0.1) is 6.92 Å². The van der Waals surface area contributed by atoms with Crippen molar-refractivity contribution in [2.75, 3.05) is 19.8 Å². The monoisotopic (exact) mass is 279 g/mol. The number of rotatable bonds is 8. The van der Waals surface area contributed by atoms with Gasteiger partial charge in [0.1, 0.15) is 5.75 Å². The zero-order valence-electron chi connectivity index (χ0n) is 12.0. The van der Waals surface area contributed by atoms with Crippen LogP contribution in [0.5, 0.6) is 5.75 Å². The normalized spacial score (nSPS) is 9.90. The minimum Gasteiger partial charge on any atom is -0.493 e. The number of carbonyl (C=O) groups excluding carboxylic acids is 2. The largest absolute Gasteiger partial charge is 0.493 e. The van der Waals surface area contributed by atoms with Crippen molar-refractivity contribution in [1.82, 2.24) is 5.32 Å². The SMILES string of the molecule is CCOC(=O)CCNC(=O)CCOc1cccc(C)c1. The standard InChI is InChI=1S/C15H21NO4/c1-3-19-15(18)7-9-16-14(17)8-10-20-13-6-4-5-12(2)11-13/h4-6,11H,3,7-10H2,1-2H3,(H,16,17). The zero-order chi connectivity index (χ0) is 14.8. The van der Waals surface area contributed by atoms with Crippen LogP contribution in [0.15, 0.2) is 24.3 Å². The van der Waals surface area contributed by atoms with E-state index in [0.717, 1.165) is 11.3 Å². The molecule has 0 saturated heterocycles. The summed E-state index contributed by atoms with van der Waals surface area (Å²) in [5.74, 6) is 0.315. The third kappa shape index (κ3) is 6.78. The molecule has 0 atom stereocenters. The smallest absolute Gasteiger partial charge is 0.307 e. The minimum absolute atomic E-state index is 0.137. The molecule has 5 heteroatoms. The molecule has 0 aliphatic heterocycles. The van der Waals surface area contributed by atoms with Crippen LogP contribution in [0.3, 0.4) is 0 Å². The van der Waals surface area contributed by atoms with Gasteiger partial charge in [-0.3, -0.25) is 9.59 Å². The molecule has 0 heterocycles. The first-order chi connectivity index (χ1) is 9.61. The second-order valence-corrected chi connectivity index (χ2v) is 4.32. The number of benzene rings is 1. The fraction of sp³-hybridized carbons (Fsp3) is 0.467. The lowest BCUT2D eigenvalue weighted by molar-refractivity contribution is -0.143. The second kappa shape index (κ2) is 8.96. The van der Waals surface area contributed by atoms with E-state index in [1.165, 1.54) is 0 Å². The summed E-state index contributed by atoms with van der Waals surface area (Å²) in [4.78, 5) is 22.6. The highest BCUT2D eigenvalue weighted by molar-refractivity contribution is 5.77. The Bertz CT molecular complexity index is 445. The van der Waals surface area contributed by atoms with Gasteiger partial charge in [0.05, 0.1) is 26.1 Å². The van der Waals surface area contributed by atoms with E-state index in [9.17, 15) is 9.59 Å². The lowest BCUT2D eigenvalue weighted by Crippen LogP contribution is -2.27. The molecule has 0 fully saturated rings. The number of ether oxygens (including phenoxy) is 2. The quantitative estimate of drug-likeness (QED) is 0.737. The van der Waals surface area contributed by atoms with Crippen LogP contribution in [0.2, 0.25) is 0 Å². The van der Waals surface area contributed by atoms with Gasteiger partial charge in [0.15, 0.2) is 0 Å². The van der Waals surface area contributed by atoms with E-state index in [1.807, 2.05) is 31.2 Å². The molecule has 0 aliphatic carbocycles. The molecule has 0 bridgehead atoms. The number of carbonyl (C=O) groups is 2. The molecule has 1 rings (SSSR count). The Labute approximate surface area is 119 Å². The molecule has 110 valence electrons. The maximum Gasteiger partial charge on any atom is 0.307 e. The van der Waals surface area contributed by atoms with Crippen LogP contribution in [0.4, 0.5) is 0 Å². The van der Waals surface area contributed by atoms with Gasteiger partial charge in [0.2, 0.25) is 5.91 Å². The van der Waals surface area contributed by atoms with Crippen molar-refractivity contribution in [3.8, 4) is 5.75 Å². The lowest BCUT2D eigenvalue weighted by Gasteiger charge is -2.07. The van der Waals surface area contributed by atoms with Gasteiger partial charge in [0, 0.05) is 6.54 Å². The van der Waals surface area contributed by atoms with Gasteiger partial charge < -0.3 is 14.8 Å². The highest BCUT2D eigenvalue weighted by Gasteiger charge is 2.05. The zero-order valence-corrected chi connectivity index (χ0v) is 12.0. The molecular formula is C15H21NO4. The maximum atomic E-state index is 11.5. The van der Waals surface area contributed by atoms with E-state index in [0.29, 0.717) is 19.8 Å². The summed E-state index contributed by atoms with van der Waals surface area (Å²) in [6.45, 7) is 4.70. The topological polar surface area (TPSA) is 64.6 Å². The summed E-state index contributed by atoms with van der Waals surface area (Å²) in [6, 6.07) is 7.66. The average molecular weight is 279 g/mol. The predicted molar refractivity (Wildman–Crippen MR) is 75.6 cm³/mol. The third-order valence-corrected chi connectivity index (χ3v) is 2.54. The molecular weight excluding hydrogens is 258 g/mol. The summed E-state index contributed by atoms with van der Waals surface area (Å²) in [5, 5.41) is 2.65. The molecule has 0 aromatic heterocycles. The average Bonchev–Trinajstić information content (AvgIpc) is 2.39. The van der Waals surface area contributed by atoms with Gasteiger partial charge >= 0.3 is 5.97 Å². The lowest BCUT2D eigenvalue weighted by atomic mass is 10.2. The fourth-order valence-electron chi connectivity index (χ4n) is 1.59. The van der Waals surface area contributed by atoms with Crippen LogP contribution in [0.25, 0.3) is 0 Å². The van der Waals surface area contributed by atoms with E-state index in [1.54, 1.807) is 6.92 Å². The van der Waals surface area contributed by atoms with Crippen molar-refractivity contribution in [3.63, 3.8) is 0 Å². The van der Waals surface area contributed by atoms with E-state index in [2.05, 4.69) is 5.32 Å². The van der Waals surface area contributed by atoms with Crippen molar-refractivity contribution in [1.29, 1.82) is 0 Å². The molecule has 0 aliphatic rings. The fourth-order valence-corrected chi connectivity index (χ4v) is 1.59. The van der Waals surface area contributed by atoms with Crippen molar-refractivity contribution in [2.24, 2.45) is 0 Å². The van der Waals surface area contributed by atoms with Gasteiger partial charge in [-0.2, -0.15) is 0 Å². The summed E-state index contributed by atoms with van der Waals surface area (Å²) in [6.07, 6.45) is 0.453. The molecule has 0 spiro atoms. The Morgan fingerprint density at radius 3 is 2.75 bits per heavy atom. The predicted octanol–water partition coefficient (Wildman–Crippen LogP) is 1.83. The van der Waals surface area contributed by atoms with Crippen LogP contribution in [0.1, 0.15) is 25.3 Å². The number of hydrogen-bond acceptors (Lipinski definition) is 4. The number of esters is 1. The van der Waals surface area contributed by atoms with E-state index in [-0.39, 0.29) is 24.7 Å². The Balaban J connectivity index is 2.13. The number of aryl methyl sites for hydroxylation is 1. The van der Waals surface area contributed by atoms with E-state index in [4.69, 9.17) is 9.47 Å². The van der Waals surface area contributed by atoms with Crippen LogP contribution < -0.4 is 10.1 Å². The van der Waals surface area contributed by atoms with Crippen molar-refractivity contribution in [2.45, 2.75) is 26.7 Å². The molecule has 0 saturated carbocycles. The van der Waals surface area contributed by atoms with Gasteiger partial charge in [-0.15, -0.1) is 0 Å². The van der Waals surface area contributed by atoms with Gasteiger partial charge in [0.25, 0.3) is 0 Å². The van der Waals surface area contributed by atoms with Gasteiger partial charge in [-0.1, -0.05) is 12.1 Å². The molecule has 0 unspecified atom stereocenters. The number of hydrogen-bond donors (Lipinski definition) is 1. The Hall–Kier alpha value is -2.04. The summed E-state index contributed by atoms with van der Waals surface area (Å²) in [5.41, 5.74) is 1.11. The Kier molecular flexibility index (Phi) is 7.17. The van der Waals surface area contributed by atoms with Crippen molar-refractivity contribution >= 4 is 11.9 Å². The highest BCUT2D eigenvalue weighted by Crippen LogP contribution is 2.12. The van der Waals surface area contributed by atoms with Crippen LogP contribution in [-0.4, -0.2) is 31.6 Å². The number of nitrogens with one attached hydrogen (secondary N) is 1. The minimum atomic E-state index is -0.302. The third-order valence-electron chi connectivity index (χ3n) is 2.54. The summed E-state index contributed by atoms with van der Waals surface area (Å²) in [7, 11) is 0. The van der Waals surface area contributed by atoms with Crippen molar-refractivity contribution < 1.29 is 19.1 Å². The molecule has 1 amide bonds. The summed E-state index contributed by atoms with van der Waals surface area (Å²) < 4.78 is 10.2. The molecule has 20 heavy (non-hydrogen) atoms. The summed E-state index contributed by atoms with van der Waals surface area (Å²) >= 11 is 0. The Morgan fingerprint density at radius 2 is 2.05 bits per heavy atom. The molecule has 0 radical (unpaired) electrons. The van der Waals surface area contributed by atoms with E-state index >= 15 is 0 Å². The Morgan fingerprint density at radius 1 is 1.25 bits per heavy atom. The molecule has 1 aromatic rings. The second-order valence-electron chi connectivity index (χ2n) is 4.32. The van der Waals surface area contributed by atoms with Gasteiger partial charge in [-0.25, -0.2) is 0 Å². The first-order valence-electron chi connectivity index (χ1n) is 6.73. The van der Waals surface area contributed by atoms with E-state index < -0.39 is 0 Å². The first-order valence-corrected chi connectivity index (χ1v) is 6.73. The van der Waals surface area contributed by atoms with Gasteiger partial charge in [-0.05, 0) is 31.5 Å². The highest BCUT2D eigenvalue weighted by atomic mass is 16.5. The first kappa shape index (κ1) is 16.0. The number of amides is 1. The molecule has 1 N–H and O–H groups in total. The molecule has 5 nitrogen and oxygen atoms in total. The van der Waals surface area contributed by atoms with Crippen LogP contribution >= 0.6 is 0 Å². The molecule has 1 aromatic carbocycles. The maximum absolute atomic E-state index is 11.5.